The summed E-state index contributed by atoms with van der Waals surface area (Å²) in [6, 6.07) is 18.4. The van der Waals surface area contributed by atoms with Gasteiger partial charge in [-0.05, 0) is 43.7 Å². The molecule has 28 heavy (non-hydrogen) atoms. The third-order valence-corrected chi connectivity index (χ3v) is 6.63. The lowest BCUT2D eigenvalue weighted by Gasteiger charge is -2.16. The molecule has 0 fully saturated rings. The first-order valence-electron chi connectivity index (χ1n) is 8.98. The van der Waals surface area contributed by atoms with Crippen molar-refractivity contribution in [2.75, 3.05) is 21.2 Å². The molecule has 1 aromatic heterocycles. The molecule has 0 aliphatic carbocycles. The molecule has 0 bridgehead atoms. The third-order valence-electron chi connectivity index (χ3n) is 4.89. The van der Waals surface area contributed by atoms with Gasteiger partial charge in [0.05, 0.1) is 17.5 Å². The van der Waals surface area contributed by atoms with Crippen molar-refractivity contribution >= 4 is 31.7 Å². The second-order valence-corrected chi connectivity index (χ2v) is 8.79. The van der Waals surface area contributed by atoms with Crippen LogP contribution in [0.15, 0.2) is 71.8 Å². The summed E-state index contributed by atoms with van der Waals surface area (Å²) in [6.45, 7) is 0.652. The highest BCUT2D eigenvalue weighted by atomic mass is 32.2. The Morgan fingerprint density at radius 2 is 1.68 bits per heavy atom. The fourth-order valence-corrected chi connectivity index (χ4v) is 5.21. The first-order chi connectivity index (χ1) is 13.4. The van der Waals surface area contributed by atoms with Crippen LogP contribution in [0.2, 0.25) is 0 Å². The molecule has 3 aromatic carbocycles. The number of methoxy groups -OCH3 is 1. The summed E-state index contributed by atoms with van der Waals surface area (Å²) >= 11 is 0. The van der Waals surface area contributed by atoms with Crippen LogP contribution >= 0.6 is 0 Å². The van der Waals surface area contributed by atoms with E-state index in [1.165, 1.54) is 3.97 Å². The van der Waals surface area contributed by atoms with Gasteiger partial charge in [0.25, 0.3) is 10.0 Å². The van der Waals surface area contributed by atoms with Gasteiger partial charge >= 0.3 is 0 Å². The SMILES string of the molecule is COc1ccc2c(ccn2S(=O)(=O)c2cccc3ccccc23)c1CN(C)C. The number of benzene rings is 3. The molecule has 0 atom stereocenters. The lowest BCUT2D eigenvalue weighted by molar-refractivity contribution is 0.374. The average Bonchev–Trinajstić information content (AvgIpc) is 3.13. The predicted octanol–water partition coefficient (Wildman–Crippen LogP) is 4.10. The molecule has 0 saturated carbocycles. The number of fused-ring (bicyclic) bond motifs is 2. The van der Waals surface area contributed by atoms with Crippen LogP contribution in [0.1, 0.15) is 5.56 Å². The number of hydrogen-bond acceptors (Lipinski definition) is 4. The third kappa shape index (κ3) is 2.95. The predicted molar refractivity (Wildman–Crippen MR) is 112 cm³/mol. The van der Waals surface area contributed by atoms with E-state index in [0.29, 0.717) is 22.3 Å². The molecule has 0 saturated heterocycles. The smallest absolute Gasteiger partial charge is 0.268 e. The van der Waals surface area contributed by atoms with Crippen molar-refractivity contribution < 1.29 is 13.2 Å². The van der Waals surface area contributed by atoms with Crippen LogP contribution in [-0.2, 0) is 16.6 Å². The largest absolute Gasteiger partial charge is 0.496 e. The maximum Gasteiger partial charge on any atom is 0.268 e. The maximum atomic E-state index is 13.5. The summed E-state index contributed by atoms with van der Waals surface area (Å²) in [6.07, 6.45) is 1.63. The van der Waals surface area contributed by atoms with E-state index in [-0.39, 0.29) is 0 Å². The van der Waals surface area contributed by atoms with Crippen LogP contribution in [-0.4, -0.2) is 38.5 Å². The van der Waals surface area contributed by atoms with E-state index in [4.69, 9.17) is 4.74 Å². The van der Waals surface area contributed by atoms with E-state index in [1.807, 2.05) is 61.5 Å². The van der Waals surface area contributed by atoms with Gasteiger partial charge in [0.1, 0.15) is 5.75 Å². The number of nitrogens with zero attached hydrogens (tertiary/aromatic N) is 2. The molecule has 0 amide bonds. The molecule has 144 valence electrons. The lowest BCUT2D eigenvalue weighted by atomic mass is 10.1. The van der Waals surface area contributed by atoms with Crippen molar-refractivity contribution in [3.05, 3.63) is 72.4 Å². The quantitative estimate of drug-likeness (QED) is 0.511. The number of ether oxygens (including phenoxy) is 1. The van der Waals surface area contributed by atoms with Gasteiger partial charge in [0, 0.05) is 29.1 Å². The summed E-state index contributed by atoms with van der Waals surface area (Å²) in [5.41, 5.74) is 1.61. The first kappa shape index (κ1) is 18.5. The van der Waals surface area contributed by atoms with Crippen molar-refractivity contribution in [2.24, 2.45) is 0 Å². The molecule has 4 aromatic rings. The Hall–Kier alpha value is -2.83. The van der Waals surface area contributed by atoms with Gasteiger partial charge in [-0.2, -0.15) is 0 Å². The summed E-state index contributed by atoms with van der Waals surface area (Å²) in [4.78, 5) is 2.33. The Bertz CT molecular complexity index is 1270. The fourth-order valence-electron chi connectivity index (χ4n) is 3.64. The zero-order chi connectivity index (χ0) is 19.9. The fraction of sp³-hybridized carbons (Fsp3) is 0.182. The van der Waals surface area contributed by atoms with Gasteiger partial charge in [-0.3, -0.25) is 0 Å². The van der Waals surface area contributed by atoms with Crippen LogP contribution in [0.5, 0.6) is 5.75 Å². The normalized spacial score (nSPS) is 12.1. The van der Waals surface area contributed by atoms with Gasteiger partial charge in [-0.25, -0.2) is 12.4 Å². The Labute approximate surface area is 164 Å². The summed E-state index contributed by atoms with van der Waals surface area (Å²) in [5.74, 6) is 0.751. The zero-order valence-corrected chi connectivity index (χ0v) is 16.9. The number of hydrogen-bond donors (Lipinski definition) is 0. The molecule has 4 rings (SSSR count). The second kappa shape index (κ2) is 6.96. The summed E-state index contributed by atoms with van der Waals surface area (Å²) < 4.78 is 33.9. The molecule has 0 N–H and O–H groups in total. The highest BCUT2D eigenvalue weighted by Crippen LogP contribution is 2.33. The lowest BCUT2D eigenvalue weighted by Crippen LogP contribution is -2.13. The van der Waals surface area contributed by atoms with Crippen LogP contribution in [0.25, 0.3) is 21.7 Å². The van der Waals surface area contributed by atoms with Crippen molar-refractivity contribution in [2.45, 2.75) is 11.4 Å². The molecule has 6 heteroatoms. The molecule has 0 spiro atoms. The molecular weight excluding hydrogens is 372 g/mol. The van der Waals surface area contributed by atoms with Gasteiger partial charge < -0.3 is 9.64 Å². The molecule has 0 aliphatic heterocycles. The number of rotatable bonds is 5. The van der Waals surface area contributed by atoms with Crippen molar-refractivity contribution in [1.82, 2.24) is 8.87 Å². The highest BCUT2D eigenvalue weighted by molar-refractivity contribution is 7.90. The minimum Gasteiger partial charge on any atom is -0.496 e. The van der Waals surface area contributed by atoms with E-state index >= 15 is 0 Å². The van der Waals surface area contributed by atoms with Gasteiger partial charge in [0.2, 0.25) is 0 Å². The van der Waals surface area contributed by atoms with Crippen LogP contribution < -0.4 is 4.74 Å². The van der Waals surface area contributed by atoms with E-state index in [1.54, 1.807) is 31.5 Å². The molecule has 5 nitrogen and oxygen atoms in total. The van der Waals surface area contributed by atoms with Crippen molar-refractivity contribution in [3.63, 3.8) is 0 Å². The number of aromatic nitrogens is 1. The van der Waals surface area contributed by atoms with Gasteiger partial charge in [0.15, 0.2) is 0 Å². The van der Waals surface area contributed by atoms with Crippen molar-refractivity contribution in [1.29, 1.82) is 0 Å². The molecule has 0 aliphatic rings. The van der Waals surface area contributed by atoms with Crippen molar-refractivity contribution in [3.8, 4) is 5.75 Å². The Balaban J connectivity index is 1.96. The van der Waals surface area contributed by atoms with Gasteiger partial charge in [-0.1, -0.05) is 36.4 Å². The van der Waals surface area contributed by atoms with E-state index in [0.717, 1.165) is 22.1 Å². The monoisotopic (exact) mass is 394 g/mol. The van der Waals surface area contributed by atoms with Gasteiger partial charge in [-0.15, -0.1) is 0 Å². The van der Waals surface area contributed by atoms with E-state index in [9.17, 15) is 8.42 Å². The summed E-state index contributed by atoms with van der Waals surface area (Å²) in [5, 5.41) is 2.49. The highest BCUT2D eigenvalue weighted by Gasteiger charge is 2.23. The maximum absolute atomic E-state index is 13.5. The molecule has 0 unspecified atom stereocenters. The minimum absolute atomic E-state index is 0.299. The Morgan fingerprint density at radius 1 is 0.929 bits per heavy atom. The molecule has 0 radical (unpaired) electrons. The van der Waals surface area contributed by atoms with E-state index in [2.05, 4.69) is 0 Å². The average molecular weight is 394 g/mol. The summed E-state index contributed by atoms with van der Waals surface area (Å²) in [7, 11) is 1.83. The first-order valence-corrected chi connectivity index (χ1v) is 10.4. The molecule has 1 heterocycles. The minimum atomic E-state index is -3.75. The standard InChI is InChI=1S/C22H22N2O3S/c1-23(2)15-19-18-13-14-24(20(18)11-12-21(19)27-3)28(25,26)22-10-6-8-16-7-4-5-9-17(16)22/h4-14H,15H2,1-3H3. The van der Waals surface area contributed by atoms with Crippen LogP contribution in [0, 0.1) is 0 Å². The zero-order valence-electron chi connectivity index (χ0n) is 16.1. The van der Waals surface area contributed by atoms with Crippen LogP contribution in [0.3, 0.4) is 0 Å². The Kier molecular flexibility index (Phi) is 4.61. The topological polar surface area (TPSA) is 51.5 Å². The van der Waals surface area contributed by atoms with Crippen LogP contribution in [0.4, 0.5) is 0 Å². The second-order valence-electron chi connectivity index (χ2n) is 7.01. The Morgan fingerprint density at radius 3 is 2.43 bits per heavy atom. The van der Waals surface area contributed by atoms with E-state index < -0.39 is 10.0 Å². The molecular formula is C22H22N2O3S.